The normalized spacial score (nSPS) is 20.1. The largest absolute Gasteiger partial charge is 0.483 e. The quantitative estimate of drug-likeness (QED) is 0.507. The number of nitrogens with one attached hydrogen (secondary N) is 1. The third-order valence-electron chi connectivity index (χ3n) is 3.98. The predicted octanol–water partition coefficient (Wildman–Crippen LogP) is -1.17. The summed E-state index contributed by atoms with van der Waals surface area (Å²) >= 11 is 0. The average Bonchev–Trinajstić information content (AvgIpc) is 2.51. The first-order chi connectivity index (χ1) is 11.3. The number of likely N-dealkylation sites (tertiary alicyclic amines) is 1. The second-order valence-electron chi connectivity index (χ2n) is 5.64. The Balaban J connectivity index is 0.000000891. The van der Waals surface area contributed by atoms with Crippen molar-refractivity contribution in [2.75, 3.05) is 19.7 Å². The van der Waals surface area contributed by atoms with Crippen LogP contribution < -0.4 is 5.56 Å². The lowest BCUT2D eigenvalue weighted by Gasteiger charge is -2.35. The second kappa shape index (κ2) is 9.14. The van der Waals surface area contributed by atoms with Crippen molar-refractivity contribution in [3.63, 3.8) is 0 Å². The number of β-amino-alcohol motifs (C(OH)–C–C–N with tert-alkyl or cyclic N) is 1. The van der Waals surface area contributed by atoms with E-state index in [1.165, 1.54) is 4.90 Å². The van der Waals surface area contributed by atoms with Crippen molar-refractivity contribution in [2.45, 2.75) is 32.8 Å². The number of hydrogen-bond acceptors (Lipinski definition) is 6. The van der Waals surface area contributed by atoms with Gasteiger partial charge in [-0.15, -0.1) is 0 Å². The second-order valence-corrected chi connectivity index (χ2v) is 5.64. The Morgan fingerprint density at radius 3 is 2.58 bits per heavy atom. The maximum atomic E-state index is 12.3. The maximum Gasteiger partial charge on any atom is 0.290 e. The first-order valence-corrected chi connectivity index (χ1v) is 7.55. The van der Waals surface area contributed by atoms with E-state index in [-0.39, 0.29) is 43.4 Å². The summed E-state index contributed by atoms with van der Waals surface area (Å²) in [5, 5.41) is 25.9. The van der Waals surface area contributed by atoms with Crippen molar-refractivity contribution >= 4 is 12.4 Å². The standard InChI is InChI=1S/C14H21N3O4.CH2O2/c1-8-11(14(21)16-9(2)15-8)5-13(20)17-4-3-10(7-18)12(19)6-17;2-1-3/h10,12,18-19H,3-7H2,1-2H3,(H,15,16,21);1H,(H,2,3)/t10-,12+;/m1./s1. The Kier molecular flexibility index (Phi) is 7.53. The van der Waals surface area contributed by atoms with E-state index in [0.29, 0.717) is 30.0 Å². The monoisotopic (exact) mass is 341 g/mol. The van der Waals surface area contributed by atoms with Crippen LogP contribution in [0, 0.1) is 19.8 Å². The molecule has 0 spiro atoms. The van der Waals surface area contributed by atoms with Crippen LogP contribution >= 0.6 is 0 Å². The fourth-order valence-electron chi connectivity index (χ4n) is 2.64. The van der Waals surface area contributed by atoms with Gasteiger partial charge >= 0.3 is 0 Å². The van der Waals surface area contributed by atoms with E-state index >= 15 is 0 Å². The van der Waals surface area contributed by atoms with Crippen LogP contribution in [0.4, 0.5) is 0 Å². The number of H-pyrrole nitrogens is 1. The molecule has 0 unspecified atom stereocenters. The molecule has 0 saturated carbocycles. The molecule has 1 aliphatic heterocycles. The van der Waals surface area contributed by atoms with Crippen LogP contribution in [-0.2, 0) is 16.0 Å². The smallest absolute Gasteiger partial charge is 0.290 e. The number of aliphatic hydroxyl groups excluding tert-OH is 2. The number of carbonyl (C=O) groups is 2. The fourth-order valence-corrected chi connectivity index (χ4v) is 2.64. The van der Waals surface area contributed by atoms with Crippen LogP contribution in [0.3, 0.4) is 0 Å². The van der Waals surface area contributed by atoms with Gasteiger partial charge in [-0.1, -0.05) is 0 Å². The highest BCUT2D eigenvalue weighted by atomic mass is 16.3. The molecule has 2 heterocycles. The number of aryl methyl sites for hydroxylation is 2. The zero-order valence-electron chi connectivity index (χ0n) is 13.7. The lowest BCUT2D eigenvalue weighted by molar-refractivity contribution is -0.135. The van der Waals surface area contributed by atoms with Crippen molar-refractivity contribution in [3.05, 3.63) is 27.4 Å². The van der Waals surface area contributed by atoms with Gasteiger partial charge in [0.25, 0.3) is 12.0 Å². The molecule has 4 N–H and O–H groups in total. The average molecular weight is 341 g/mol. The summed E-state index contributed by atoms with van der Waals surface area (Å²) < 4.78 is 0. The van der Waals surface area contributed by atoms with Crippen molar-refractivity contribution in [1.29, 1.82) is 0 Å². The summed E-state index contributed by atoms with van der Waals surface area (Å²) in [4.78, 5) is 40.8. The molecular formula is C15H23N3O6. The minimum absolute atomic E-state index is 0.0229. The Bertz CT molecular complexity index is 630. The first kappa shape index (κ1) is 19.8. The molecule has 0 bridgehead atoms. The molecule has 1 saturated heterocycles. The molecule has 1 fully saturated rings. The van der Waals surface area contributed by atoms with Gasteiger partial charge in [0.15, 0.2) is 0 Å². The molecule has 1 aromatic heterocycles. The number of carboxylic acid groups (broad SMARTS) is 1. The van der Waals surface area contributed by atoms with E-state index in [1.807, 2.05) is 0 Å². The highest BCUT2D eigenvalue weighted by molar-refractivity contribution is 5.79. The highest BCUT2D eigenvalue weighted by Gasteiger charge is 2.30. The van der Waals surface area contributed by atoms with Gasteiger partial charge in [0.1, 0.15) is 5.82 Å². The summed E-state index contributed by atoms with van der Waals surface area (Å²) in [5.74, 6) is 0.137. The van der Waals surface area contributed by atoms with Gasteiger partial charge in [-0.2, -0.15) is 0 Å². The first-order valence-electron chi connectivity index (χ1n) is 7.55. The van der Waals surface area contributed by atoms with Crippen molar-refractivity contribution < 1.29 is 24.9 Å². The number of aromatic amines is 1. The number of rotatable bonds is 3. The summed E-state index contributed by atoms with van der Waals surface area (Å²) in [6, 6.07) is 0. The summed E-state index contributed by atoms with van der Waals surface area (Å²) in [6.07, 6.45) is -0.182. The third kappa shape index (κ3) is 5.14. The Labute approximate surface area is 139 Å². The molecule has 9 nitrogen and oxygen atoms in total. The van der Waals surface area contributed by atoms with Crippen LogP contribution in [0.25, 0.3) is 0 Å². The summed E-state index contributed by atoms with van der Waals surface area (Å²) in [5.41, 5.74) is 0.624. The SMILES string of the molecule is Cc1nc(C)c(CC(=O)N2CC[C@H](CO)[C@@H](O)C2)c(=O)[nH]1.O=CO. The minimum atomic E-state index is -0.719. The van der Waals surface area contributed by atoms with Gasteiger partial charge in [-0.05, 0) is 20.3 Å². The van der Waals surface area contributed by atoms with Crippen molar-refractivity contribution in [3.8, 4) is 0 Å². The number of amides is 1. The summed E-state index contributed by atoms with van der Waals surface area (Å²) in [7, 11) is 0. The van der Waals surface area contributed by atoms with E-state index in [4.69, 9.17) is 15.0 Å². The Morgan fingerprint density at radius 1 is 1.46 bits per heavy atom. The number of piperidine rings is 1. The van der Waals surface area contributed by atoms with Crippen LogP contribution in [0.15, 0.2) is 4.79 Å². The number of hydrogen-bond donors (Lipinski definition) is 4. The molecule has 24 heavy (non-hydrogen) atoms. The van der Waals surface area contributed by atoms with Gasteiger partial charge in [-0.3, -0.25) is 14.4 Å². The predicted molar refractivity (Wildman–Crippen MR) is 84.5 cm³/mol. The molecule has 0 aromatic carbocycles. The molecular weight excluding hydrogens is 318 g/mol. The molecule has 1 amide bonds. The lowest BCUT2D eigenvalue weighted by atomic mass is 9.94. The Morgan fingerprint density at radius 2 is 2.08 bits per heavy atom. The van der Waals surface area contributed by atoms with Crippen LogP contribution in [0.1, 0.15) is 23.5 Å². The van der Waals surface area contributed by atoms with Crippen molar-refractivity contribution in [1.82, 2.24) is 14.9 Å². The van der Waals surface area contributed by atoms with E-state index in [0.717, 1.165) is 0 Å². The molecule has 0 radical (unpaired) electrons. The zero-order valence-corrected chi connectivity index (χ0v) is 13.7. The van der Waals surface area contributed by atoms with Gasteiger partial charge in [0.2, 0.25) is 5.91 Å². The lowest BCUT2D eigenvalue weighted by Crippen LogP contribution is -2.48. The molecule has 9 heteroatoms. The zero-order chi connectivity index (χ0) is 18.3. The van der Waals surface area contributed by atoms with Crippen LogP contribution in [0.2, 0.25) is 0 Å². The van der Waals surface area contributed by atoms with E-state index in [1.54, 1.807) is 13.8 Å². The van der Waals surface area contributed by atoms with Crippen molar-refractivity contribution in [2.24, 2.45) is 5.92 Å². The van der Waals surface area contributed by atoms with Gasteiger partial charge in [0, 0.05) is 36.9 Å². The molecule has 0 aliphatic carbocycles. The molecule has 2 atom stereocenters. The minimum Gasteiger partial charge on any atom is -0.483 e. The highest BCUT2D eigenvalue weighted by Crippen LogP contribution is 2.18. The molecule has 134 valence electrons. The third-order valence-corrected chi connectivity index (χ3v) is 3.98. The summed E-state index contributed by atoms with van der Waals surface area (Å²) in [6.45, 7) is 3.75. The molecule has 1 aromatic rings. The Hall–Kier alpha value is -2.26. The topological polar surface area (TPSA) is 144 Å². The molecule has 1 aliphatic rings. The van der Waals surface area contributed by atoms with Crippen LogP contribution in [0.5, 0.6) is 0 Å². The van der Waals surface area contributed by atoms with E-state index in [9.17, 15) is 14.7 Å². The van der Waals surface area contributed by atoms with E-state index < -0.39 is 6.10 Å². The van der Waals surface area contributed by atoms with Crippen LogP contribution in [-0.4, -0.2) is 68.4 Å². The number of nitrogens with zero attached hydrogens (tertiary/aromatic N) is 2. The van der Waals surface area contributed by atoms with Gasteiger partial charge in [-0.25, -0.2) is 4.98 Å². The number of aromatic nitrogens is 2. The molecule has 2 rings (SSSR count). The van der Waals surface area contributed by atoms with Gasteiger partial charge in [0.05, 0.1) is 12.5 Å². The fraction of sp³-hybridized carbons (Fsp3) is 0.600. The van der Waals surface area contributed by atoms with E-state index in [2.05, 4.69) is 9.97 Å². The maximum absolute atomic E-state index is 12.3. The number of carbonyl (C=O) groups excluding carboxylic acids is 1. The van der Waals surface area contributed by atoms with Gasteiger partial charge < -0.3 is 25.2 Å². The number of aliphatic hydroxyl groups is 2.